The molecular weight excluding hydrogens is 252 g/mol. The zero-order valence-electron chi connectivity index (χ0n) is 10.4. The van der Waals surface area contributed by atoms with Gasteiger partial charge in [0.25, 0.3) is 5.91 Å². The van der Waals surface area contributed by atoms with Gasteiger partial charge in [-0.05, 0) is 38.5 Å². The summed E-state index contributed by atoms with van der Waals surface area (Å²) in [6.45, 7) is 5.36. The topological polar surface area (TPSA) is 55.1 Å². The third-order valence-electron chi connectivity index (χ3n) is 2.63. The molecule has 0 radical (unpaired) electrons. The van der Waals surface area contributed by atoms with Gasteiger partial charge in [-0.15, -0.1) is 0 Å². The minimum atomic E-state index is -0.267. The summed E-state index contributed by atoms with van der Waals surface area (Å²) in [6.07, 6.45) is 0. The second kappa shape index (κ2) is 4.82. The molecule has 0 aliphatic heterocycles. The molecule has 2 aromatic rings. The lowest BCUT2D eigenvalue weighted by Crippen LogP contribution is -2.13. The van der Waals surface area contributed by atoms with Crippen LogP contribution in [-0.2, 0) is 0 Å². The summed E-state index contributed by atoms with van der Waals surface area (Å²) in [5.74, 6) is 0.227. The van der Waals surface area contributed by atoms with E-state index in [-0.39, 0.29) is 5.91 Å². The van der Waals surface area contributed by atoms with Gasteiger partial charge in [-0.1, -0.05) is 22.8 Å². The summed E-state index contributed by atoms with van der Waals surface area (Å²) in [7, 11) is 0. The Morgan fingerprint density at radius 1 is 1.33 bits per heavy atom. The molecule has 0 aliphatic carbocycles. The van der Waals surface area contributed by atoms with Gasteiger partial charge in [-0.2, -0.15) is 0 Å². The number of rotatable bonds is 2. The van der Waals surface area contributed by atoms with E-state index < -0.39 is 0 Å². The van der Waals surface area contributed by atoms with E-state index in [0.717, 1.165) is 5.56 Å². The number of carbonyl (C=O) groups excluding carboxylic acids is 1. The highest BCUT2D eigenvalue weighted by Gasteiger charge is 2.18. The standard InChI is InChI=1S/C13H13ClN2O2/c1-7-4-5-11(10(14)6-7)15-13(17)12-8(2)16-18-9(12)3/h4-6H,1-3H3,(H,15,17). The number of halogens is 1. The molecule has 0 saturated heterocycles. The molecule has 18 heavy (non-hydrogen) atoms. The van der Waals surface area contributed by atoms with E-state index >= 15 is 0 Å². The van der Waals surface area contributed by atoms with Crippen LogP contribution in [0.3, 0.4) is 0 Å². The van der Waals surface area contributed by atoms with Crippen molar-refractivity contribution in [1.29, 1.82) is 0 Å². The maximum absolute atomic E-state index is 12.1. The third kappa shape index (κ3) is 2.38. The first-order valence-electron chi connectivity index (χ1n) is 5.49. The second-order valence-electron chi connectivity index (χ2n) is 4.14. The number of amides is 1. The summed E-state index contributed by atoms with van der Waals surface area (Å²) in [5.41, 5.74) is 2.63. The van der Waals surface area contributed by atoms with Crippen LogP contribution in [0.2, 0.25) is 5.02 Å². The monoisotopic (exact) mass is 264 g/mol. The van der Waals surface area contributed by atoms with Crippen molar-refractivity contribution in [2.24, 2.45) is 0 Å². The Labute approximate surface area is 110 Å². The van der Waals surface area contributed by atoms with Gasteiger partial charge in [0.1, 0.15) is 11.3 Å². The molecule has 1 N–H and O–H groups in total. The maximum atomic E-state index is 12.1. The van der Waals surface area contributed by atoms with Crippen LogP contribution in [0.15, 0.2) is 22.7 Å². The van der Waals surface area contributed by atoms with Gasteiger partial charge in [-0.3, -0.25) is 4.79 Å². The quantitative estimate of drug-likeness (QED) is 0.903. The number of nitrogens with zero attached hydrogens (tertiary/aromatic N) is 1. The highest BCUT2D eigenvalue weighted by molar-refractivity contribution is 6.34. The fourth-order valence-electron chi connectivity index (χ4n) is 1.71. The maximum Gasteiger partial charge on any atom is 0.261 e. The van der Waals surface area contributed by atoms with Gasteiger partial charge in [0.2, 0.25) is 0 Å². The lowest BCUT2D eigenvalue weighted by atomic mass is 10.1. The molecule has 1 aromatic heterocycles. The lowest BCUT2D eigenvalue weighted by Gasteiger charge is -2.07. The SMILES string of the molecule is Cc1ccc(NC(=O)c2c(C)noc2C)c(Cl)c1. The van der Waals surface area contributed by atoms with Crippen molar-refractivity contribution in [2.45, 2.75) is 20.8 Å². The molecule has 1 heterocycles. The summed E-state index contributed by atoms with van der Waals surface area (Å²) < 4.78 is 4.96. The molecule has 1 aromatic carbocycles. The number of aromatic nitrogens is 1. The Bertz CT molecular complexity index is 586. The van der Waals surface area contributed by atoms with Gasteiger partial charge in [0.15, 0.2) is 0 Å². The molecule has 0 aliphatic rings. The summed E-state index contributed by atoms with van der Waals surface area (Å²) in [5, 5.41) is 7.01. The smallest absolute Gasteiger partial charge is 0.261 e. The van der Waals surface area contributed by atoms with E-state index in [9.17, 15) is 4.79 Å². The van der Waals surface area contributed by atoms with Crippen molar-refractivity contribution in [1.82, 2.24) is 5.16 Å². The van der Waals surface area contributed by atoms with E-state index in [1.54, 1.807) is 26.0 Å². The van der Waals surface area contributed by atoms with Crippen molar-refractivity contribution in [2.75, 3.05) is 5.32 Å². The van der Waals surface area contributed by atoms with Gasteiger partial charge in [0.05, 0.1) is 16.4 Å². The van der Waals surface area contributed by atoms with Crippen LogP contribution in [0.1, 0.15) is 27.4 Å². The molecule has 94 valence electrons. The minimum absolute atomic E-state index is 0.267. The van der Waals surface area contributed by atoms with Gasteiger partial charge in [0, 0.05) is 0 Å². The highest BCUT2D eigenvalue weighted by atomic mass is 35.5. The van der Waals surface area contributed by atoms with Gasteiger partial charge >= 0.3 is 0 Å². The van der Waals surface area contributed by atoms with Crippen LogP contribution in [0.4, 0.5) is 5.69 Å². The molecule has 2 rings (SSSR count). The van der Waals surface area contributed by atoms with Crippen LogP contribution in [0.5, 0.6) is 0 Å². The van der Waals surface area contributed by atoms with Crippen molar-refractivity contribution >= 4 is 23.2 Å². The molecule has 0 bridgehead atoms. The van der Waals surface area contributed by atoms with Crippen LogP contribution in [0.25, 0.3) is 0 Å². The first-order chi connectivity index (χ1) is 8.49. The Balaban J connectivity index is 2.27. The third-order valence-corrected chi connectivity index (χ3v) is 2.95. The van der Waals surface area contributed by atoms with Crippen molar-refractivity contribution in [3.63, 3.8) is 0 Å². The number of hydrogen-bond donors (Lipinski definition) is 1. The number of hydrogen-bond acceptors (Lipinski definition) is 3. The largest absolute Gasteiger partial charge is 0.361 e. The first kappa shape index (κ1) is 12.6. The van der Waals surface area contributed by atoms with Crippen LogP contribution >= 0.6 is 11.6 Å². The highest BCUT2D eigenvalue weighted by Crippen LogP contribution is 2.24. The van der Waals surface area contributed by atoms with Gasteiger partial charge < -0.3 is 9.84 Å². The Hall–Kier alpha value is -1.81. The minimum Gasteiger partial charge on any atom is -0.361 e. The Morgan fingerprint density at radius 3 is 2.61 bits per heavy atom. The molecule has 0 atom stereocenters. The average Bonchev–Trinajstić information content (AvgIpc) is 2.62. The number of benzene rings is 1. The predicted molar refractivity (Wildman–Crippen MR) is 70.1 cm³/mol. The van der Waals surface area contributed by atoms with Crippen molar-refractivity contribution in [3.8, 4) is 0 Å². The molecule has 0 unspecified atom stereocenters. The van der Waals surface area contributed by atoms with Crippen LogP contribution in [-0.4, -0.2) is 11.1 Å². The van der Waals surface area contributed by atoms with E-state index in [1.807, 2.05) is 13.0 Å². The van der Waals surface area contributed by atoms with Crippen molar-refractivity contribution < 1.29 is 9.32 Å². The fraction of sp³-hybridized carbons (Fsp3) is 0.231. The number of nitrogens with one attached hydrogen (secondary N) is 1. The molecule has 0 saturated carbocycles. The average molecular weight is 265 g/mol. The molecule has 4 nitrogen and oxygen atoms in total. The lowest BCUT2D eigenvalue weighted by molar-refractivity contribution is 0.102. The molecular formula is C13H13ClN2O2. The van der Waals surface area contributed by atoms with E-state index in [2.05, 4.69) is 10.5 Å². The normalized spacial score (nSPS) is 10.4. The van der Waals surface area contributed by atoms with E-state index in [4.69, 9.17) is 16.1 Å². The molecule has 0 spiro atoms. The summed E-state index contributed by atoms with van der Waals surface area (Å²) in [4.78, 5) is 12.1. The van der Waals surface area contributed by atoms with E-state index in [0.29, 0.717) is 27.7 Å². The van der Waals surface area contributed by atoms with Gasteiger partial charge in [-0.25, -0.2) is 0 Å². The first-order valence-corrected chi connectivity index (χ1v) is 5.87. The molecule has 1 amide bonds. The fourth-order valence-corrected chi connectivity index (χ4v) is 2.00. The molecule has 5 heteroatoms. The summed E-state index contributed by atoms with van der Waals surface area (Å²) in [6, 6.07) is 5.45. The van der Waals surface area contributed by atoms with E-state index in [1.165, 1.54) is 0 Å². The number of anilines is 1. The van der Waals surface area contributed by atoms with Crippen LogP contribution in [0, 0.1) is 20.8 Å². The Kier molecular flexibility index (Phi) is 3.39. The van der Waals surface area contributed by atoms with Crippen LogP contribution < -0.4 is 5.32 Å². The summed E-state index contributed by atoms with van der Waals surface area (Å²) >= 11 is 6.06. The second-order valence-corrected chi connectivity index (χ2v) is 4.54. The number of carbonyl (C=O) groups is 1. The van der Waals surface area contributed by atoms with Crippen molar-refractivity contribution in [3.05, 3.63) is 45.8 Å². The predicted octanol–water partition coefficient (Wildman–Crippen LogP) is 3.51. The zero-order valence-corrected chi connectivity index (χ0v) is 11.1. The zero-order chi connectivity index (χ0) is 13.3. The Morgan fingerprint density at radius 2 is 2.06 bits per heavy atom. The molecule has 0 fully saturated rings. The number of aryl methyl sites for hydroxylation is 3.